The predicted molar refractivity (Wildman–Crippen MR) is 48.1 cm³/mol. The van der Waals surface area contributed by atoms with Gasteiger partial charge in [-0.3, -0.25) is 0 Å². The molecule has 2 aromatic rings. The quantitative estimate of drug-likeness (QED) is 0.587. The van der Waals surface area contributed by atoms with Crippen molar-refractivity contribution in [3.8, 4) is 0 Å². The van der Waals surface area contributed by atoms with Crippen LogP contribution in [0, 0.1) is 13.8 Å². The smallest absolute Gasteiger partial charge is 0.142 e. The molecular weight excluding hydrogens is 156 g/mol. The standard InChI is InChI=1S/C8H10N2S/c1-5-4-11-8-7(5)10(3)6(2)9-8/h4H,1-3H3. The number of thiophene rings is 1. The van der Waals surface area contributed by atoms with Gasteiger partial charge >= 0.3 is 0 Å². The topological polar surface area (TPSA) is 17.8 Å². The van der Waals surface area contributed by atoms with Gasteiger partial charge in [-0.2, -0.15) is 0 Å². The lowest BCUT2D eigenvalue weighted by Gasteiger charge is -1.94. The summed E-state index contributed by atoms with van der Waals surface area (Å²) in [5, 5.41) is 2.15. The third-order valence-electron chi connectivity index (χ3n) is 2.01. The molecule has 2 nitrogen and oxygen atoms in total. The first-order chi connectivity index (χ1) is 5.20. The van der Waals surface area contributed by atoms with E-state index in [1.54, 1.807) is 11.3 Å². The average Bonchev–Trinajstić information content (AvgIpc) is 2.41. The van der Waals surface area contributed by atoms with E-state index in [1.165, 1.54) is 11.1 Å². The number of nitrogens with zero attached hydrogens (tertiary/aromatic N) is 2. The van der Waals surface area contributed by atoms with Crippen LogP contribution in [0.15, 0.2) is 5.38 Å². The highest BCUT2D eigenvalue weighted by atomic mass is 32.1. The number of hydrogen-bond acceptors (Lipinski definition) is 2. The van der Waals surface area contributed by atoms with Gasteiger partial charge in [0.15, 0.2) is 0 Å². The second kappa shape index (κ2) is 2.08. The fraction of sp³-hybridized carbons (Fsp3) is 0.375. The maximum Gasteiger partial charge on any atom is 0.142 e. The third kappa shape index (κ3) is 0.807. The average molecular weight is 166 g/mol. The highest BCUT2D eigenvalue weighted by Crippen LogP contribution is 2.24. The third-order valence-corrected chi connectivity index (χ3v) is 2.99. The van der Waals surface area contributed by atoms with E-state index in [-0.39, 0.29) is 0 Å². The van der Waals surface area contributed by atoms with Gasteiger partial charge in [0, 0.05) is 7.05 Å². The number of rotatable bonds is 0. The molecule has 58 valence electrons. The molecule has 0 saturated heterocycles. The van der Waals surface area contributed by atoms with Gasteiger partial charge in [-0.15, -0.1) is 11.3 Å². The molecule has 3 heteroatoms. The van der Waals surface area contributed by atoms with E-state index in [4.69, 9.17) is 0 Å². The molecular formula is C8H10N2S. The monoisotopic (exact) mass is 166 g/mol. The van der Waals surface area contributed by atoms with Gasteiger partial charge < -0.3 is 4.57 Å². The van der Waals surface area contributed by atoms with Crippen molar-refractivity contribution in [1.29, 1.82) is 0 Å². The van der Waals surface area contributed by atoms with Crippen LogP contribution in [0.25, 0.3) is 10.3 Å². The van der Waals surface area contributed by atoms with Gasteiger partial charge in [-0.25, -0.2) is 4.98 Å². The summed E-state index contributed by atoms with van der Waals surface area (Å²) in [5.74, 6) is 1.09. The fourth-order valence-electron chi connectivity index (χ4n) is 1.30. The Balaban J connectivity index is 2.95. The van der Waals surface area contributed by atoms with Crippen molar-refractivity contribution in [2.24, 2.45) is 7.05 Å². The Bertz CT molecular complexity index is 397. The van der Waals surface area contributed by atoms with Gasteiger partial charge in [0.05, 0.1) is 5.52 Å². The van der Waals surface area contributed by atoms with Crippen LogP contribution < -0.4 is 0 Å². The second-order valence-corrected chi connectivity index (χ2v) is 3.65. The molecule has 0 aromatic carbocycles. The molecule has 0 spiro atoms. The molecule has 0 aliphatic heterocycles. The number of aromatic nitrogens is 2. The Hall–Kier alpha value is -0.830. The van der Waals surface area contributed by atoms with E-state index < -0.39 is 0 Å². The Morgan fingerprint density at radius 2 is 2.18 bits per heavy atom. The Morgan fingerprint density at radius 3 is 2.82 bits per heavy atom. The maximum absolute atomic E-state index is 4.42. The minimum Gasteiger partial charge on any atom is -0.330 e. The SMILES string of the molecule is Cc1csc2nc(C)n(C)c12. The van der Waals surface area contributed by atoms with Crippen molar-refractivity contribution < 1.29 is 0 Å². The van der Waals surface area contributed by atoms with Gasteiger partial charge in [0.1, 0.15) is 10.7 Å². The minimum absolute atomic E-state index is 1.09. The molecule has 0 saturated carbocycles. The van der Waals surface area contributed by atoms with Crippen molar-refractivity contribution in [3.63, 3.8) is 0 Å². The highest BCUT2D eigenvalue weighted by Gasteiger charge is 2.07. The summed E-state index contributed by atoms with van der Waals surface area (Å²) in [6.45, 7) is 4.16. The molecule has 11 heavy (non-hydrogen) atoms. The molecule has 0 bridgehead atoms. The highest BCUT2D eigenvalue weighted by molar-refractivity contribution is 7.16. The zero-order chi connectivity index (χ0) is 8.01. The molecule has 2 rings (SSSR count). The fourth-order valence-corrected chi connectivity index (χ4v) is 2.29. The van der Waals surface area contributed by atoms with Crippen LogP contribution >= 0.6 is 11.3 Å². The number of aryl methyl sites for hydroxylation is 3. The number of fused-ring (bicyclic) bond motifs is 1. The molecule has 0 radical (unpaired) electrons. The van der Waals surface area contributed by atoms with Gasteiger partial charge in [-0.1, -0.05) is 0 Å². The van der Waals surface area contributed by atoms with E-state index in [0.29, 0.717) is 0 Å². The lowest BCUT2D eigenvalue weighted by atomic mass is 10.3. The van der Waals surface area contributed by atoms with Crippen molar-refractivity contribution in [2.75, 3.05) is 0 Å². The lowest BCUT2D eigenvalue weighted by Crippen LogP contribution is -1.90. The van der Waals surface area contributed by atoms with Crippen LogP contribution in [0.1, 0.15) is 11.4 Å². The van der Waals surface area contributed by atoms with Crippen LogP contribution in [0.4, 0.5) is 0 Å². The molecule has 0 atom stereocenters. The summed E-state index contributed by atoms with van der Waals surface area (Å²) < 4.78 is 2.14. The first-order valence-corrected chi connectivity index (χ1v) is 4.45. The summed E-state index contributed by atoms with van der Waals surface area (Å²) in [4.78, 5) is 5.57. The summed E-state index contributed by atoms with van der Waals surface area (Å²) in [5.41, 5.74) is 2.61. The molecule has 0 amide bonds. The van der Waals surface area contributed by atoms with Gasteiger partial charge in [0.25, 0.3) is 0 Å². The minimum atomic E-state index is 1.09. The summed E-state index contributed by atoms with van der Waals surface area (Å²) in [6.07, 6.45) is 0. The van der Waals surface area contributed by atoms with Gasteiger partial charge in [-0.05, 0) is 24.8 Å². The summed E-state index contributed by atoms with van der Waals surface area (Å²) in [6, 6.07) is 0. The predicted octanol–water partition coefficient (Wildman–Crippen LogP) is 2.25. The largest absolute Gasteiger partial charge is 0.330 e. The Kier molecular flexibility index (Phi) is 1.29. The molecule has 0 aliphatic carbocycles. The van der Waals surface area contributed by atoms with Crippen LogP contribution in [-0.2, 0) is 7.05 Å². The van der Waals surface area contributed by atoms with Gasteiger partial charge in [0.2, 0.25) is 0 Å². The summed E-state index contributed by atoms with van der Waals surface area (Å²) in [7, 11) is 2.06. The Morgan fingerprint density at radius 1 is 1.45 bits per heavy atom. The normalized spacial score (nSPS) is 11.2. The molecule has 0 N–H and O–H groups in total. The summed E-state index contributed by atoms with van der Waals surface area (Å²) >= 11 is 1.72. The zero-order valence-electron chi connectivity index (χ0n) is 6.88. The maximum atomic E-state index is 4.42. The molecule has 2 aromatic heterocycles. The van der Waals surface area contributed by atoms with E-state index in [1.807, 2.05) is 6.92 Å². The van der Waals surface area contributed by atoms with Crippen LogP contribution in [0.5, 0.6) is 0 Å². The number of imidazole rings is 1. The molecule has 2 heterocycles. The van der Waals surface area contributed by atoms with Crippen molar-refractivity contribution in [2.45, 2.75) is 13.8 Å². The van der Waals surface area contributed by atoms with Crippen LogP contribution in [0.3, 0.4) is 0 Å². The van der Waals surface area contributed by atoms with Crippen LogP contribution in [0.2, 0.25) is 0 Å². The number of hydrogen-bond donors (Lipinski definition) is 0. The van der Waals surface area contributed by atoms with E-state index in [0.717, 1.165) is 10.7 Å². The lowest BCUT2D eigenvalue weighted by molar-refractivity contribution is 0.883. The van der Waals surface area contributed by atoms with E-state index in [9.17, 15) is 0 Å². The van der Waals surface area contributed by atoms with Crippen molar-refractivity contribution in [3.05, 3.63) is 16.8 Å². The Labute approximate surface area is 69.5 Å². The van der Waals surface area contributed by atoms with E-state index in [2.05, 4.69) is 28.9 Å². The van der Waals surface area contributed by atoms with E-state index >= 15 is 0 Å². The zero-order valence-corrected chi connectivity index (χ0v) is 7.70. The van der Waals surface area contributed by atoms with Crippen LogP contribution in [-0.4, -0.2) is 9.55 Å². The first-order valence-electron chi connectivity index (χ1n) is 3.57. The molecule has 0 aliphatic rings. The first kappa shape index (κ1) is 6.85. The second-order valence-electron chi connectivity index (χ2n) is 2.79. The van der Waals surface area contributed by atoms with Crippen molar-refractivity contribution in [1.82, 2.24) is 9.55 Å². The molecule has 0 fully saturated rings. The molecule has 0 unspecified atom stereocenters. The van der Waals surface area contributed by atoms with Crippen molar-refractivity contribution >= 4 is 21.7 Å².